The number of benzene rings is 2. The van der Waals surface area contributed by atoms with Gasteiger partial charge in [-0.3, -0.25) is 0 Å². The summed E-state index contributed by atoms with van der Waals surface area (Å²) in [5.41, 5.74) is 1.12. The van der Waals surface area contributed by atoms with Crippen LogP contribution in [-0.2, 0) is 4.79 Å². The van der Waals surface area contributed by atoms with E-state index in [0.717, 1.165) is 0 Å². The molecule has 0 saturated heterocycles. The maximum atomic E-state index is 11.7. The van der Waals surface area contributed by atoms with Crippen LogP contribution in [0.1, 0.15) is 11.1 Å². The zero-order valence-corrected chi connectivity index (χ0v) is 14.3. The molecule has 0 bridgehead atoms. The van der Waals surface area contributed by atoms with Crippen LogP contribution in [0.4, 0.5) is 0 Å². The fraction of sp³-hybridized carbons (Fsp3) is 0.167. The fourth-order valence-electron chi connectivity index (χ4n) is 2.25. The quantitative estimate of drug-likeness (QED) is 0.631. The molecular formula is C18H17ClO5. The lowest BCUT2D eigenvalue weighted by atomic mass is 10.0. The predicted octanol–water partition coefficient (Wildman–Crippen LogP) is 3.99. The lowest BCUT2D eigenvalue weighted by molar-refractivity contribution is -0.130. The van der Waals surface area contributed by atoms with Gasteiger partial charge in [-0.1, -0.05) is 17.7 Å². The summed E-state index contributed by atoms with van der Waals surface area (Å²) in [6, 6.07) is 9.91. The number of rotatable bonds is 6. The third-order valence-corrected chi connectivity index (χ3v) is 3.65. The molecule has 0 aromatic heterocycles. The molecule has 0 atom stereocenters. The maximum absolute atomic E-state index is 11.7. The average molecular weight is 349 g/mol. The van der Waals surface area contributed by atoms with E-state index in [2.05, 4.69) is 0 Å². The van der Waals surface area contributed by atoms with Gasteiger partial charge >= 0.3 is 5.97 Å². The number of carboxylic acid groups (broad SMARTS) is 1. The van der Waals surface area contributed by atoms with Gasteiger partial charge in [-0.05, 0) is 42.0 Å². The zero-order valence-electron chi connectivity index (χ0n) is 13.5. The van der Waals surface area contributed by atoms with Crippen LogP contribution < -0.4 is 14.2 Å². The number of ether oxygens (including phenoxy) is 3. The molecule has 6 heteroatoms. The second-order valence-corrected chi connectivity index (χ2v) is 5.26. The van der Waals surface area contributed by atoms with Crippen LogP contribution in [0.3, 0.4) is 0 Å². The van der Waals surface area contributed by atoms with Crippen LogP contribution in [0, 0.1) is 0 Å². The van der Waals surface area contributed by atoms with Crippen molar-refractivity contribution in [2.24, 2.45) is 0 Å². The van der Waals surface area contributed by atoms with Crippen molar-refractivity contribution in [3.05, 3.63) is 52.5 Å². The minimum atomic E-state index is -1.08. The highest BCUT2D eigenvalue weighted by atomic mass is 35.5. The molecule has 0 fully saturated rings. The van der Waals surface area contributed by atoms with Gasteiger partial charge in [0.25, 0.3) is 0 Å². The Morgan fingerprint density at radius 2 is 1.58 bits per heavy atom. The molecule has 2 aromatic carbocycles. The van der Waals surface area contributed by atoms with Gasteiger partial charge in [-0.2, -0.15) is 0 Å². The highest BCUT2D eigenvalue weighted by Crippen LogP contribution is 2.33. The Kier molecular flexibility index (Phi) is 5.71. The molecule has 0 heterocycles. The monoisotopic (exact) mass is 348 g/mol. The van der Waals surface area contributed by atoms with Gasteiger partial charge in [0.15, 0.2) is 11.5 Å². The first-order valence-corrected chi connectivity index (χ1v) is 7.39. The SMILES string of the molecule is COc1ccc(Cl)cc1/C=C(\C(=O)O)c1ccc(OC)c(OC)c1. The lowest BCUT2D eigenvalue weighted by Gasteiger charge is -2.11. The number of carboxylic acids is 1. The van der Waals surface area contributed by atoms with Crippen LogP contribution in [0.5, 0.6) is 17.2 Å². The summed E-state index contributed by atoms with van der Waals surface area (Å²) in [6.07, 6.45) is 1.51. The van der Waals surface area contributed by atoms with E-state index < -0.39 is 5.97 Å². The van der Waals surface area contributed by atoms with Gasteiger partial charge in [0.05, 0.1) is 26.9 Å². The molecule has 2 rings (SSSR count). The minimum Gasteiger partial charge on any atom is -0.496 e. The van der Waals surface area contributed by atoms with Gasteiger partial charge in [-0.15, -0.1) is 0 Å². The van der Waals surface area contributed by atoms with Crippen molar-refractivity contribution in [3.8, 4) is 17.2 Å². The summed E-state index contributed by atoms with van der Waals surface area (Å²) in [7, 11) is 4.52. The van der Waals surface area contributed by atoms with Crippen molar-refractivity contribution in [3.63, 3.8) is 0 Å². The van der Waals surface area contributed by atoms with Crippen molar-refractivity contribution in [2.75, 3.05) is 21.3 Å². The second-order valence-electron chi connectivity index (χ2n) is 4.82. The summed E-state index contributed by atoms with van der Waals surface area (Å²) in [6.45, 7) is 0. The molecule has 0 aliphatic carbocycles. The number of methoxy groups -OCH3 is 3. The number of hydrogen-bond acceptors (Lipinski definition) is 4. The smallest absolute Gasteiger partial charge is 0.336 e. The first-order chi connectivity index (χ1) is 11.5. The van der Waals surface area contributed by atoms with Crippen LogP contribution in [-0.4, -0.2) is 32.4 Å². The highest BCUT2D eigenvalue weighted by molar-refractivity contribution is 6.31. The molecular weight excluding hydrogens is 332 g/mol. The minimum absolute atomic E-state index is 0.0801. The molecule has 0 radical (unpaired) electrons. The molecule has 24 heavy (non-hydrogen) atoms. The average Bonchev–Trinajstić information content (AvgIpc) is 2.59. The van der Waals surface area contributed by atoms with Gasteiger partial charge in [0, 0.05) is 10.6 Å². The van der Waals surface area contributed by atoms with Crippen molar-refractivity contribution < 1.29 is 24.1 Å². The van der Waals surface area contributed by atoms with Crippen molar-refractivity contribution in [1.29, 1.82) is 0 Å². The molecule has 5 nitrogen and oxygen atoms in total. The molecule has 0 saturated carbocycles. The molecule has 0 aliphatic rings. The predicted molar refractivity (Wildman–Crippen MR) is 93.1 cm³/mol. The van der Waals surface area contributed by atoms with Crippen LogP contribution in [0.15, 0.2) is 36.4 Å². The number of carbonyl (C=O) groups is 1. The van der Waals surface area contributed by atoms with Crippen molar-refractivity contribution in [2.45, 2.75) is 0 Å². The lowest BCUT2D eigenvalue weighted by Crippen LogP contribution is -2.01. The Morgan fingerprint density at radius 1 is 0.958 bits per heavy atom. The van der Waals surface area contributed by atoms with Gasteiger partial charge < -0.3 is 19.3 Å². The highest BCUT2D eigenvalue weighted by Gasteiger charge is 2.15. The molecule has 0 aliphatic heterocycles. The second kappa shape index (κ2) is 7.75. The Balaban J connectivity index is 2.59. The van der Waals surface area contributed by atoms with E-state index in [1.807, 2.05) is 0 Å². The molecule has 1 N–H and O–H groups in total. The Morgan fingerprint density at radius 3 is 2.17 bits per heavy atom. The summed E-state index contributed by atoms with van der Waals surface area (Å²) in [5.74, 6) is 0.411. The van der Waals surface area contributed by atoms with Crippen LogP contribution in [0.2, 0.25) is 5.02 Å². The van der Waals surface area contributed by atoms with E-state index in [4.69, 9.17) is 25.8 Å². The van der Waals surface area contributed by atoms with E-state index in [9.17, 15) is 9.90 Å². The number of aliphatic carboxylic acids is 1. The summed E-state index contributed by atoms with van der Waals surface area (Å²) < 4.78 is 15.7. The topological polar surface area (TPSA) is 65.0 Å². The van der Waals surface area contributed by atoms with Gasteiger partial charge in [0.1, 0.15) is 5.75 Å². The van der Waals surface area contributed by atoms with E-state index in [1.165, 1.54) is 27.4 Å². The largest absolute Gasteiger partial charge is 0.496 e. The summed E-state index contributed by atoms with van der Waals surface area (Å²) in [5, 5.41) is 10.1. The van der Waals surface area contributed by atoms with Crippen molar-refractivity contribution in [1.82, 2.24) is 0 Å². The van der Waals surface area contributed by atoms with E-state index in [0.29, 0.717) is 33.4 Å². The Labute approximate surface area is 145 Å². The Bertz CT molecular complexity index is 783. The van der Waals surface area contributed by atoms with E-state index in [1.54, 1.807) is 36.4 Å². The zero-order chi connectivity index (χ0) is 17.7. The third kappa shape index (κ3) is 3.81. The fourth-order valence-corrected chi connectivity index (χ4v) is 2.43. The van der Waals surface area contributed by atoms with Crippen LogP contribution >= 0.6 is 11.6 Å². The third-order valence-electron chi connectivity index (χ3n) is 3.42. The van der Waals surface area contributed by atoms with Gasteiger partial charge in [0.2, 0.25) is 0 Å². The normalized spacial score (nSPS) is 11.1. The summed E-state index contributed by atoms with van der Waals surface area (Å²) >= 11 is 6.00. The van der Waals surface area contributed by atoms with Crippen LogP contribution in [0.25, 0.3) is 11.6 Å². The summed E-state index contributed by atoms with van der Waals surface area (Å²) in [4.78, 5) is 11.7. The standard InChI is InChI=1S/C18H17ClO5/c1-22-15-7-5-13(19)8-12(15)9-14(18(20)21)11-4-6-16(23-2)17(10-11)24-3/h4-10H,1-3H3,(H,20,21)/b14-9-. The van der Waals surface area contributed by atoms with Crippen molar-refractivity contribution >= 4 is 29.2 Å². The maximum Gasteiger partial charge on any atom is 0.336 e. The first-order valence-electron chi connectivity index (χ1n) is 7.01. The number of hydrogen-bond donors (Lipinski definition) is 1. The molecule has 2 aromatic rings. The number of halogens is 1. The molecule has 0 spiro atoms. The van der Waals surface area contributed by atoms with E-state index >= 15 is 0 Å². The molecule has 0 unspecified atom stereocenters. The van der Waals surface area contributed by atoms with E-state index in [-0.39, 0.29) is 5.57 Å². The van der Waals surface area contributed by atoms with Gasteiger partial charge in [-0.25, -0.2) is 4.79 Å². The molecule has 0 amide bonds. The first kappa shape index (κ1) is 17.7. The Hall–Kier alpha value is -2.66. The molecule has 126 valence electrons.